The second-order valence-corrected chi connectivity index (χ2v) is 5.06. The van der Waals surface area contributed by atoms with Crippen LogP contribution < -0.4 is 4.74 Å². The highest BCUT2D eigenvalue weighted by atomic mass is 16.5. The average Bonchev–Trinajstić information content (AvgIpc) is 2.49. The fourth-order valence-electron chi connectivity index (χ4n) is 2.47. The van der Waals surface area contributed by atoms with Gasteiger partial charge in [0.1, 0.15) is 5.75 Å². The molecule has 1 atom stereocenters. The van der Waals surface area contributed by atoms with Gasteiger partial charge in [0, 0.05) is 13.1 Å². The van der Waals surface area contributed by atoms with E-state index >= 15 is 0 Å². The number of hydrogen-bond donors (Lipinski definition) is 0. The Morgan fingerprint density at radius 3 is 2.85 bits per heavy atom. The van der Waals surface area contributed by atoms with Gasteiger partial charge in [-0.05, 0) is 37.5 Å². The Hall–Kier alpha value is -2.02. The first kappa shape index (κ1) is 14.4. The number of carbonyl (C=O) groups is 1. The lowest BCUT2D eigenvalue weighted by Crippen LogP contribution is -2.40. The number of ether oxygens (including phenoxy) is 1. The minimum atomic E-state index is -0.00645. The molecule has 1 fully saturated rings. The van der Waals surface area contributed by atoms with Crippen LogP contribution in [0.15, 0.2) is 24.3 Å². The molecular formula is C16H20N2O2. The van der Waals surface area contributed by atoms with Gasteiger partial charge in [0.25, 0.3) is 0 Å². The molecule has 20 heavy (non-hydrogen) atoms. The molecule has 106 valence electrons. The van der Waals surface area contributed by atoms with Gasteiger partial charge < -0.3 is 9.64 Å². The third-order valence-electron chi connectivity index (χ3n) is 3.55. The molecule has 1 aromatic rings. The van der Waals surface area contributed by atoms with E-state index in [9.17, 15) is 4.79 Å². The largest absolute Gasteiger partial charge is 0.494 e. The van der Waals surface area contributed by atoms with E-state index in [1.807, 2.05) is 36.1 Å². The van der Waals surface area contributed by atoms with Crippen LogP contribution in [0.3, 0.4) is 0 Å². The highest BCUT2D eigenvalue weighted by Crippen LogP contribution is 2.18. The van der Waals surface area contributed by atoms with Gasteiger partial charge in [-0.25, -0.2) is 0 Å². The fourth-order valence-corrected chi connectivity index (χ4v) is 2.47. The highest BCUT2D eigenvalue weighted by molar-refractivity contribution is 5.79. The van der Waals surface area contributed by atoms with Gasteiger partial charge in [-0.15, -0.1) is 0 Å². The maximum Gasteiger partial charge on any atom is 0.227 e. The summed E-state index contributed by atoms with van der Waals surface area (Å²) in [5.74, 6) is 0.924. The van der Waals surface area contributed by atoms with Gasteiger partial charge in [0.05, 0.1) is 25.0 Å². The molecule has 0 bridgehead atoms. The lowest BCUT2D eigenvalue weighted by Gasteiger charge is -2.29. The van der Waals surface area contributed by atoms with Crippen molar-refractivity contribution in [3.63, 3.8) is 0 Å². The first-order valence-corrected chi connectivity index (χ1v) is 7.12. The number of likely N-dealkylation sites (tertiary alicyclic amines) is 1. The number of rotatable bonds is 4. The maximum absolute atomic E-state index is 12.2. The van der Waals surface area contributed by atoms with E-state index in [1.165, 1.54) is 0 Å². The molecule has 0 N–H and O–H groups in total. The Morgan fingerprint density at radius 2 is 2.20 bits per heavy atom. The lowest BCUT2D eigenvalue weighted by atomic mass is 9.99. The average molecular weight is 272 g/mol. The van der Waals surface area contributed by atoms with Crippen molar-refractivity contribution in [2.45, 2.75) is 26.2 Å². The topological polar surface area (TPSA) is 53.3 Å². The van der Waals surface area contributed by atoms with Crippen molar-refractivity contribution in [3.05, 3.63) is 29.8 Å². The second-order valence-electron chi connectivity index (χ2n) is 5.06. The Morgan fingerprint density at radius 1 is 1.45 bits per heavy atom. The molecule has 1 amide bonds. The van der Waals surface area contributed by atoms with Gasteiger partial charge in [-0.3, -0.25) is 4.79 Å². The van der Waals surface area contributed by atoms with E-state index in [0.717, 1.165) is 30.7 Å². The molecule has 0 spiro atoms. The summed E-state index contributed by atoms with van der Waals surface area (Å²) in [6.07, 6.45) is 2.22. The van der Waals surface area contributed by atoms with Crippen molar-refractivity contribution in [2.75, 3.05) is 19.7 Å². The molecule has 4 heteroatoms. The molecule has 0 aliphatic carbocycles. The molecule has 1 aliphatic heterocycles. The van der Waals surface area contributed by atoms with E-state index in [2.05, 4.69) is 6.07 Å². The molecule has 0 radical (unpaired) electrons. The van der Waals surface area contributed by atoms with Crippen LogP contribution in [0, 0.1) is 17.2 Å². The predicted molar refractivity (Wildman–Crippen MR) is 76.2 cm³/mol. The van der Waals surface area contributed by atoms with E-state index in [1.54, 1.807) is 0 Å². The summed E-state index contributed by atoms with van der Waals surface area (Å²) in [6, 6.07) is 9.89. The monoisotopic (exact) mass is 272 g/mol. The summed E-state index contributed by atoms with van der Waals surface area (Å²) in [4.78, 5) is 14.0. The first-order valence-electron chi connectivity index (χ1n) is 7.12. The third kappa shape index (κ3) is 3.74. The van der Waals surface area contributed by atoms with Crippen molar-refractivity contribution >= 4 is 5.91 Å². The molecule has 1 heterocycles. The summed E-state index contributed by atoms with van der Waals surface area (Å²) in [7, 11) is 0. The van der Waals surface area contributed by atoms with Crippen LogP contribution in [-0.4, -0.2) is 30.5 Å². The minimum absolute atomic E-state index is 0.00645. The molecule has 1 aliphatic rings. The molecule has 1 aromatic carbocycles. The summed E-state index contributed by atoms with van der Waals surface area (Å²) in [6.45, 7) is 3.93. The standard InChI is InChI=1S/C16H20N2O2/c1-2-20-15-7-5-13(6-8-15)10-16(19)18-9-3-4-14(11-17)12-18/h5-8,14H,2-4,9-10,12H2,1H3. The zero-order chi connectivity index (χ0) is 14.4. The van der Waals surface area contributed by atoms with Crippen molar-refractivity contribution in [1.82, 2.24) is 4.90 Å². The van der Waals surface area contributed by atoms with E-state index in [0.29, 0.717) is 19.6 Å². The Bertz CT molecular complexity index is 490. The van der Waals surface area contributed by atoms with E-state index < -0.39 is 0 Å². The minimum Gasteiger partial charge on any atom is -0.494 e. The summed E-state index contributed by atoms with van der Waals surface area (Å²) in [5.41, 5.74) is 0.984. The van der Waals surface area contributed by atoms with Crippen LogP contribution in [0.2, 0.25) is 0 Å². The summed E-state index contributed by atoms with van der Waals surface area (Å²) in [5, 5.41) is 8.96. The molecule has 0 saturated carbocycles. The number of nitrogens with zero attached hydrogens (tertiary/aromatic N) is 2. The zero-order valence-electron chi connectivity index (χ0n) is 11.8. The van der Waals surface area contributed by atoms with Crippen molar-refractivity contribution in [3.8, 4) is 11.8 Å². The van der Waals surface area contributed by atoms with Crippen molar-refractivity contribution in [2.24, 2.45) is 5.92 Å². The van der Waals surface area contributed by atoms with Crippen LogP contribution >= 0.6 is 0 Å². The number of nitriles is 1. The SMILES string of the molecule is CCOc1ccc(CC(=O)N2CCCC(C#N)C2)cc1. The molecule has 2 rings (SSSR count). The molecule has 1 unspecified atom stereocenters. The molecular weight excluding hydrogens is 252 g/mol. The van der Waals surface area contributed by atoms with E-state index in [-0.39, 0.29) is 11.8 Å². The summed E-state index contributed by atoms with van der Waals surface area (Å²) < 4.78 is 5.38. The number of piperidine rings is 1. The lowest BCUT2D eigenvalue weighted by molar-refractivity contribution is -0.131. The zero-order valence-corrected chi connectivity index (χ0v) is 11.8. The Labute approximate surface area is 120 Å². The molecule has 0 aromatic heterocycles. The quantitative estimate of drug-likeness (QED) is 0.845. The number of hydrogen-bond acceptors (Lipinski definition) is 3. The first-order chi connectivity index (χ1) is 9.72. The molecule has 4 nitrogen and oxygen atoms in total. The van der Waals surface area contributed by atoms with Crippen LogP contribution in [0.25, 0.3) is 0 Å². The highest BCUT2D eigenvalue weighted by Gasteiger charge is 2.23. The smallest absolute Gasteiger partial charge is 0.227 e. The van der Waals surface area contributed by atoms with Gasteiger partial charge in [-0.1, -0.05) is 12.1 Å². The van der Waals surface area contributed by atoms with Crippen LogP contribution in [0.5, 0.6) is 5.75 Å². The van der Waals surface area contributed by atoms with E-state index in [4.69, 9.17) is 10.00 Å². The molecule has 1 saturated heterocycles. The van der Waals surface area contributed by atoms with Crippen molar-refractivity contribution in [1.29, 1.82) is 5.26 Å². The number of carbonyl (C=O) groups excluding carboxylic acids is 1. The third-order valence-corrected chi connectivity index (χ3v) is 3.55. The second kappa shape index (κ2) is 6.95. The van der Waals surface area contributed by atoms with Gasteiger partial charge in [-0.2, -0.15) is 5.26 Å². The number of benzene rings is 1. The fraction of sp³-hybridized carbons (Fsp3) is 0.500. The number of amides is 1. The van der Waals surface area contributed by atoms with Crippen LogP contribution in [0.1, 0.15) is 25.3 Å². The van der Waals surface area contributed by atoms with Gasteiger partial charge in [0.2, 0.25) is 5.91 Å². The summed E-state index contributed by atoms with van der Waals surface area (Å²) >= 11 is 0. The van der Waals surface area contributed by atoms with Crippen LogP contribution in [-0.2, 0) is 11.2 Å². The van der Waals surface area contributed by atoms with Crippen LogP contribution in [0.4, 0.5) is 0 Å². The maximum atomic E-state index is 12.2. The Kier molecular flexibility index (Phi) is 5.00. The Balaban J connectivity index is 1.92. The predicted octanol–water partition coefficient (Wildman–Crippen LogP) is 2.39. The normalized spacial score (nSPS) is 18.4. The van der Waals surface area contributed by atoms with Gasteiger partial charge >= 0.3 is 0 Å². The van der Waals surface area contributed by atoms with Crippen molar-refractivity contribution < 1.29 is 9.53 Å². The van der Waals surface area contributed by atoms with Gasteiger partial charge in [0.15, 0.2) is 0 Å².